The zero-order valence-corrected chi connectivity index (χ0v) is 38.1. The summed E-state index contributed by atoms with van der Waals surface area (Å²) < 4.78 is 15.5. The highest BCUT2D eigenvalue weighted by Crippen LogP contribution is 2.63. The van der Waals surface area contributed by atoms with E-state index in [-0.39, 0.29) is 0 Å². The molecule has 0 fully saturated rings. The Balaban J connectivity index is 1.02. The van der Waals surface area contributed by atoms with Crippen LogP contribution in [0.1, 0.15) is 22.3 Å². The minimum atomic E-state index is -0.510. The van der Waals surface area contributed by atoms with Crippen LogP contribution in [-0.4, -0.2) is 15.0 Å². The van der Waals surface area contributed by atoms with Gasteiger partial charge < -0.3 is 8.83 Å². The van der Waals surface area contributed by atoms with Gasteiger partial charge in [-0.15, -0.1) is 11.3 Å². The van der Waals surface area contributed by atoms with Gasteiger partial charge in [-0.05, 0) is 104 Å². The zero-order chi connectivity index (χ0) is 45.7. The van der Waals surface area contributed by atoms with Crippen LogP contribution in [0, 0.1) is 0 Å². The first-order valence-corrected chi connectivity index (χ1v) is 24.5. The molecule has 6 heteroatoms. The van der Waals surface area contributed by atoms with Crippen molar-refractivity contribution in [3.8, 4) is 67.5 Å². The molecule has 0 saturated carbocycles. The maximum absolute atomic E-state index is 6.71. The summed E-state index contributed by atoms with van der Waals surface area (Å²) in [6.07, 6.45) is 0. The second-order valence-corrected chi connectivity index (χ2v) is 19.5. The molecule has 324 valence electrons. The molecule has 16 rings (SSSR count). The minimum absolute atomic E-state index is 0.510. The minimum Gasteiger partial charge on any atom is -0.456 e. The fourth-order valence-corrected chi connectivity index (χ4v) is 13.4. The average molecular weight is 910 g/mol. The molecular weight excluding hydrogens is 875 g/mol. The number of thiophene rings is 1. The lowest BCUT2D eigenvalue weighted by Crippen LogP contribution is -2.25. The van der Waals surface area contributed by atoms with Gasteiger partial charge in [0, 0.05) is 58.4 Å². The molecule has 70 heavy (non-hydrogen) atoms. The van der Waals surface area contributed by atoms with E-state index in [4.69, 9.17) is 23.8 Å². The van der Waals surface area contributed by atoms with Crippen molar-refractivity contribution in [3.63, 3.8) is 0 Å². The third-order valence-corrected chi connectivity index (χ3v) is 16.2. The van der Waals surface area contributed by atoms with E-state index in [2.05, 4.69) is 176 Å². The van der Waals surface area contributed by atoms with E-state index in [1.165, 1.54) is 60.0 Å². The maximum atomic E-state index is 6.71. The molecule has 14 aromatic rings. The number of hydrogen-bond donors (Lipinski definition) is 0. The Bertz CT molecular complexity index is 4510. The number of rotatable bonds is 4. The Hall–Kier alpha value is -8.97. The van der Waals surface area contributed by atoms with Crippen LogP contribution in [0.4, 0.5) is 0 Å². The van der Waals surface area contributed by atoms with Crippen molar-refractivity contribution in [2.24, 2.45) is 0 Å². The summed E-state index contributed by atoms with van der Waals surface area (Å²) in [7, 11) is 0. The van der Waals surface area contributed by atoms with Crippen LogP contribution in [0.2, 0.25) is 0 Å². The van der Waals surface area contributed by atoms with Gasteiger partial charge in [0.2, 0.25) is 0 Å². The Morgan fingerprint density at radius 3 is 1.53 bits per heavy atom. The van der Waals surface area contributed by atoms with Gasteiger partial charge in [0.25, 0.3) is 0 Å². The fourth-order valence-electron chi connectivity index (χ4n) is 12.2. The largest absolute Gasteiger partial charge is 0.456 e. The smallest absolute Gasteiger partial charge is 0.165 e. The van der Waals surface area contributed by atoms with Crippen molar-refractivity contribution in [2.75, 3.05) is 0 Å². The lowest BCUT2D eigenvalue weighted by atomic mass is 9.70. The summed E-state index contributed by atoms with van der Waals surface area (Å²) in [5, 5.41) is 6.32. The van der Waals surface area contributed by atoms with Gasteiger partial charge in [0.15, 0.2) is 17.5 Å². The maximum Gasteiger partial charge on any atom is 0.165 e. The standard InChI is InChI=1S/C64H35N3O2S/c1-7-24-48-38(15-1)39-16-2-8-25-49(39)64(48)50-26-9-3-17-40(50)41-32-31-36(35-51(41)64)37-33-34-55-58(45-20-5-11-28-53(45)69-55)59(37)63-66-61(46-22-14-29-54-57(46)44-19-4-10-27-52(44)68-54)65-62(67-63)47-23-13-21-43-42-18-6-12-30-56(42)70-60(43)47/h1-35H. The molecule has 4 heterocycles. The van der Waals surface area contributed by atoms with Gasteiger partial charge in [0.05, 0.1) is 5.41 Å². The van der Waals surface area contributed by atoms with E-state index in [9.17, 15) is 0 Å². The molecular formula is C64H35N3O2S. The van der Waals surface area contributed by atoms with E-state index < -0.39 is 5.41 Å². The highest BCUT2D eigenvalue weighted by atomic mass is 32.1. The third-order valence-electron chi connectivity index (χ3n) is 15.0. The van der Waals surface area contributed by atoms with Crippen molar-refractivity contribution in [1.29, 1.82) is 0 Å². The van der Waals surface area contributed by atoms with E-state index in [1.54, 1.807) is 11.3 Å². The van der Waals surface area contributed by atoms with E-state index >= 15 is 0 Å². The normalized spacial score (nSPS) is 13.3. The summed E-state index contributed by atoms with van der Waals surface area (Å²) in [5.74, 6) is 1.72. The molecule has 0 aliphatic heterocycles. The van der Waals surface area contributed by atoms with Gasteiger partial charge in [0.1, 0.15) is 22.3 Å². The number of benzene rings is 10. The quantitative estimate of drug-likeness (QED) is 0.176. The first kappa shape index (κ1) is 38.0. The first-order chi connectivity index (χ1) is 34.7. The van der Waals surface area contributed by atoms with Gasteiger partial charge in [-0.3, -0.25) is 0 Å². The van der Waals surface area contributed by atoms with Crippen LogP contribution in [0.3, 0.4) is 0 Å². The van der Waals surface area contributed by atoms with Crippen LogP contribution in [0.5, 0.6) is 0 Å². The van der Waals surface area contributed by atoms with E-state index in [0.717, 1.165) is 76.4 Å². The van der Waals surface area contributed by atoms with Crippen LogP contribution in [0.15, 0.2) is 221 Å². The van der Waals surface area contributed by atoms with Crippen molar-refractivity contribution in [1.82, 2.24) is 15.0 Å². The summed E-state index contributed by atoms with van der Waals surface area (Å²) in [6, 6.07) is 76.0. The van der Waals surface area contributed by atoms with Crippen LogP contribution in [-0.2, 0) is 5.41 Å². The second-order valence-electron chi connectivity index (χ2n) is 18.5. The van der Waals surface area contributed by atoms with Crippen molar-refractivity contribution in [2.45, 2.75) is 5.41 Å². The number of hydrogen-bond acceptors (Lipinski definition) is 6. The van der Waals surface area contributed by atoms with Crippen molar-refractivity contribution < 1.29 is 8.83 Å². The van der Waals surface area contributed by atoms with E-state index in [1.807, 2.05) is 36.4 Å². The molecule has 0 atom stereocenters. The number of aromatic nitrogens is 3. The molecule has 10 aromatic carbocycles. The van der Waals surface area contributed by atoms with Gasteiger partial charge >= 0.3 is 0 Å². The molecule has 0 N–H and O–H groups in total. The predicted octanol–water partition coefficient (Wildman–Crippen LogP) is 17.0. The highest BCUT2D eigenvalue weighted by molar-refractivity contribution is 7.26. The molecule has 5 nitrogen and oxygen atoms in total. The highest BCUT2D eigenvalue weighted by Gasteiger charge is 2.51. The molecule has 0 bridgehead atoms. The first-order valence-electron chi connectivity index (χ1n) is 23.7. The summed E-state index contributed by atoms with van der Waals surface area (Å²) in [4.78, 5) is 16.7. The molecule has 0 unspecified atom stereocenters. The number of para-hydroxylation sites is 2. The number of nitrogens with zero attached hydrogens (tertiary/aromatic N) is 3. The monoisotopic (exact) mass is 909 g/mol. The Kier molecular flexibility index (Phi) is 7.63. The average Bonchev–Trinajstić information content (AvgIpc) is 4.23. The lowest BCUT2D eigenvalue weighted by Gasteiger charge is -2.30. The number of furan rings is 2. The van der Waals surface area contributed by atoms with Gasteiger partial charge in [-0.2, -0.15) is 0 Å². The van der Waals surface area contributed by atoms with Gasteiger partial charge in [-0.1, -0.05) is 164 Å². The summed E-state index contributed by atoms with van der Waals surface area (Å²) >= 11 is 1.77. The molecule has 4 aromatic heterocycles. The van der Waals surface area contributed by atoms with Crippen molar-refractivity contribution >= 4 is 75.4 Å². The molecule has 0 radical (unpaired) electrons. The molecule has 0 amide bonds. The molecule has 2 aliphatic carbocycles. The predicted molar refractivity (Wildman–Crippen MR) is 285 cm³/mol. The Labute approximate surface area is 404 Å². The molecule has 2 aliphatic rings. The van der Waals surface area contributed by atoms with Crippen LogP contribution in [0.25, 0.3) is 132 Å². The zero-order valence-electron chi connectivity index (χ0n) is 37.3. The molecule has 0 saturated heterocycles. The lowest BCUT2D eigenvalue weighted by molar-refractivity contribution is 0.668. The topological polar surface area (TPSA) is 65.0 Å². The van der Waals surface area contributed by atoms with Crippen molar-refractivity contribution in [3.05, 3.63) is 235 Å². The third kappa shape index (κ3) is 5.02. The SMILES string of the molecule is c1ccc2c(c1)-c1ccccc1C21c2ccccc2-c2ccc(-c3ccc4oc5ccccc5c4c3-c3nc(-c4cccc5c4sc4ccccc45)nc(-c4cccc5oc6ccccc6c45)n3)cc21. The van der Waals surface area contributed by atoms with E-state index in [0.29, 0.717) is 17.5 Å². The fraction of sp³-hybridized carbons (Fsp3) is 0.0156. The Morgan fingerprint density at radius 2 is 0.814 bits per heavy atom. The summed E-state index contributed by atoms with van der Waals surface area (Å²) in [6.45, 7) is 0. The second kappa shape index (κ2) is 14.0. The summed E-state index contributed by atoms with van der Waals surface area (Å²) in [5.41, 5.74) is 17.7. The number of fused-ring (bicyclic) bond motifs is 19. The van der Waals surface area contributed by atoms with Crippen LogP contribution >= 0.6 is 11.3 Å². The molecule has 1 spiro atoms. The Morgan fingerprint density at radius 1 is 0.329 bits per heavy atom. The van der Waals surface area contributed by atoms with Crippen LogP contribution < -0.4 is 0 Å². The van der Waals surface area contributed by atoms with Gasteiger partial charge in [-0.25, -0.2) is 15.0 Å².